The number of hydrogen-bond donors (Lipinski definition) is 2. The number of nitrogen functional groups attached to an aromatic ring is 1. The quantitative estimate of drug-likeness (QED) is 0.506. The molecule has 98 valence electrons. The molecule has 1 aromatic carbocycles. The minimum atomic E-state index is -0.356. The van der Waals surface area contributed by atoms with Crippen molar-refractivity contribution >= 4 is 33.5 Å². The van der Waals surface area contributed by atoms with Gasteiger partial charge in [0.05, 0.1) is 10.6 Å². The van der Waals surface area contributed by atoms with Gasteiger partial charge in [-0.3, -0.25) is 5.41 Å². The smallest absolute Gasteiger partial charge is 0.151 e. The predicted molar refractivity (Wildman–Crippen MR) is 74.8 cm³/mol. The molecule has 1 unspecified atom stereocenters. The molecule has 2 rings (SSSR count). The summed E-state index contributed by atoms with van der Waals surface area (Å²) in [4.78, 5) is 0.558. The van der Waals surface area contributed by atoms with E-state index in [4.69, 9.17) is 15.9 Å². The zero-order valence-electron chi connectivity index (χ0n) is 9.71. The summed E-state index contributed by atoms with van der Waals surface area (Å²) >= 11 is 4.58. The van der Waals surface area contributed by atoms with Crippen molar-refractivity contribution in [3.8, 4) is 0 Å². The molecule has 1 aliphatic heterocycles. The Bertz CT molecular complexity index is 464. The monoisotopic (exact) mass is 332 g/mol. The van der Waals surface area contributed by atoms with Crippen LogP contribution in [0.2, 0.25) is 0 Å². The lowest BCUT2D eigenvalue weighted by atomic mass is 10.2. The molecule has 0 saturated carbocycles. The Hall–Kier alpha value is -0.590. The van der Waals surface area contributed by atoms with E-state index >= 15 is 0 Å². The van der Waals surface area contributed by atoms with Crippen LogP contribution in [0.3, 0.4) is 0 Å². The average molecular weight is 333 g/mol. The van der Waals surface area contributed by atoms with E-state index in [1.807, 2.05) is 0 Å². The summed E-state index contributed by atoms with van der Waals surface area (Å²) < 4.78 is 19.8. The highest BCUT2D eigenvalue weighted by atomic mass is 79.9. The molecule has 0 amide bonds. The Morgan fingerprint density at radius 3 is 3.00 bits per heavy atom. The first-order chi connectivity index (χ1) is 8.59. The SMILES string of the molecule is N=C(N)c1ccc(SCC2CCCO2)c(F)c1Br. The van der Waals surface area contributed by atoms with Crippen LogP contribution in [0.5, 0.6) is 0 Å². The third kappa shape index (κ3) is 3.05. The van der Waals surface area contributed by atoms with Crippen molar-refractivity contribution in [3.05, 3.63) is 28.0 Å². The molecule has 0 aromatic heterocycles. The topological polar surface area (TPSA) is 59.1 Å². The molecule has 0 radical (unpaired) electrons. The van der Waals surface area contributed by atoms with Crippen molar-refractivity contribution in [2.45, 2.75) is 23.8 Å². The van der Waals surface area contributed by atoms with Crippen LogP contribution in [0, 0.1) is 11.2 Å². The highest BCUT2D eigenvalue weighted by Crippen LogP contribution is 2.31. The Morgan fingerprint density at radius 2 is 2.39 bits per heavy atom. The van der Waals surface area contributed by atoms with Crippen molar-refractivity contribution in [2.24, 2.45) is 5.73 Å². The number of nitrogens with one attached hydrogen (secondary N) is 1. The minimum absolute atomic E-state index is 0.142. The molecule has 1 heterocycles. The number of ether oxygens (including phenoxy) is 1. The Labute approximate surface area is 118 Å². The number of thioether (sulfide) groups is 1. The summed E-state index contributed by atoms with van der Waals surface area (Å²) in [6.07, 6.45) is 2.35. The van der Waals surface area contributed by atoms with Gasteiger partial charge in [-0.05, 0) is 40.9 Å². The summed E-state index contributed by atoms with van der Waals surface area (Å²) in [5.74, 6) is 0.255. The molecule has 1 aromatic rings. The van der Waals surface area contributed by atoms with Gasteiger partial charge in [0.1, 0.15) is 5.84 Å². The van der Waals surface area contributed by atoms with Gasteiger partial charge in [-0.2, -0.15) is 0 Å². The van der Waals surface area contributed by atoms with Crippen LogP contribution in [0.1, 0.15) is 18.4 Å². The van der Waals surface area contributed by atoms with Gasteiger partial charge in [0.2, 0.25) is 0 Å². The molecule has 1 atom stereocenters. The van der Waals surface area contributed by atoms with E-state index in [1.165, 1.54) is 11.8 Å². The molecule has 18 heavy (non-hydrogen) atoms. The maximum Gasteiger partial charge on any atom is 0.151 e. The maximum absolute atomic E-state index is 14.0. The molecule has 3 N–H and O–H groups in total. The molecule has 6 heteroatoms. The summed E-state index contributed by atoms with van der Waals surface area (Å²) in [6.45, 7) is 0.806. The summed E-state index contributed by atoms with van der Waals surface area (Å²) in [5.41, 5.74) is 5.75. The molecule has 1 saturated heterocycles. The van der Waals surface area contributed by atoms with E-state index in [0.717, 1.165) is 25.2 Å². The van der Waals surface area contributed by atoms with Crippen LogP contribution >= 0.6 is 27.7 Å². The third-order valence-electron chi connectivity index (χ3n) is 2.79. The Balaban J connectivity index is 2.09. The molecule has 1 fully saturated rings. The second kappa shape index (κ2) is 6.04. The number of hydrogen-bond acceptors (Lipinski definition) is 3. The van der Waals surface area contributed by atoms with Gasteiger partial charge in [0, 0.05) is 22.8 Å². The Morgan fingerprint density at radius 1 is 1.61 bits per heavy atom. The first-order valence-corrected chi connectivity index (χ1v) is 7.44. The maximum atomic E-state index is 14.0. The van der Waals surface area contributed by atoms with Gasteiger partial charge in [-0.15, -0.1) is 11.8 Å². The lowest BCUT2D eigenvalue weighted by molar-refractivity contribution is 0.129. The Kier molecular flexibility index (Phi) is 4.64. The van der Waals surface area contributed by atoms with Gasteiger partial charge >= 0.3 is 0 Å². The largest absolute Gasteiger partial charge is 0.384 e. The van der Waals surface area contributed by atoms with E-state index in [9.17, 15) is 4.39 Å². The summed E-state index contributed by atoms with van der Waals surface area (Å²) in [5, 5.41) is 7.34. The second-order valence-corrected chi connectivity index (χ2v) is 5.95. The highest BCUT2D eigenvalue weighted by Gasteiger charge is 2.18. The lowest BCUT2D eigenvalue weighted by Crippen LogP contribution is -2.13. The van der Waals surface area contributed by atoms with E-state index in [1.54, 1.807) is 12.1 Å². The van der Waals surface area contributed by atoms with Crippen LogP contribution in [-0.2, 0) is 4.74 Å². The van der Waals surface area contributed by atoms with Gasteiger partial charge < -0.3 is 10.5 Å². The zero-order chi connectivity index (χ0) is 13.1. The van der Waals surface area contributed by atoms with E-state index in [-0.39, 0.29) is 22.2 Å². The van der Waals surface area contributed by atoms with Crippen molar-refractivity contribution in [2.75, 3.05) is 12.4 Å². The van der Waals surface area contributed by atoms with E-state index in [0.29, 0.717) is 10.5 Å². The number of rotatable bonds is 4. The summed E-state index contributed by atoms with van der Waals surface area (Å²) in [6, 6.07) is 3.32. The second-order valence-electron chi connectivity index (χ2n) is 4.10. The molecule has 1 aliphatic rings. The number of nitrogens with two attached hydrogens (primary N) is 1. The van der Waals surface area contributed by atoms with Crippen molar-refractivity contribution < 1.29 is 9.13 Å². The fraction of sp³-hybridized carbons (Fsp3) is 0.417. The van der Waals surface area contributed by atoms with Crippen LogP contribution < -0.4 is 5.73 Å². The molecule has 0 spiro atoms. The van der Waals surface area contributed by atoms with Gasteiger partial charge in [0.15, 0.2) is 5.82 Å². The van der Waals surface area contributed by atoms with Crippen LogP contribution in [0.4, 0.5) is 4.39 Å². The van der Waals surface area contributed by atoms with Gasteiger partial charge in [0.25, 0.3) is 0 Å². The number of amidine groups is 1. The van der Waals surface area contributed by atoms with Crippen LogP contribution in [0.25, 0.3) is 0 Å². The van der Waals surface area contributed by atoms with Crippen molar-refractivity contribution in [1.29, 1.82) is 5.41 Å². The van der Waals surface area contributed by atoms with E-state index in [2.05, 4.69) is 15.9 Å². The average Bonchev–Trinajstić information content (AvgIpc) is 2.83. The molecular formula is C12H14BrFN2OS. The van der Waals surface area contributed by atoms with E-state index < -0.39 is 0 Å². The number of halogens is 2. The summed E-state index contributed by atoms with van der Waals surface area (Å²) in [7, 11) is 0. The predicted octanol–water partition coefficient (Wildman–Crippen LogP) is 3.14. The normalized spacial score (nSPS) is 19.1. The van der Waals surface area contributed by atoms with Crippen LogP contribution in [0.15, 0.2) is 21.5 Å². The molecule has 0 aliphatic carbocycles. The lowest BCUT2D eigenvalue weighted by Gasteiger charge is -2.11. The van der Waals surface area contributed by atoms with Crippen molar-refractivity contribution in [1.82, 2.24) is 0 Å². The fourth-order valence-electron chi connectivity index (χ4n) is 1.81. The van der Waals surface area contributed by atoms with Crippen LogP contribution in [-0.4, -0.2) is 24.3 Å². The van der Waals surface area contributed by atoms with Gasteiger partial charge in [-0.1, -0.05) is 0 Å². The van der Waals surface area contributed by atoms with Gasteiger partial charge in [-0.25, -0.2) is 4.39 Å². The third-order valence-corrected chi connectivity index (χ3v) is 4.73. The standard InChI is InChI=1S/C12H14BrFN2OS/c13-10-8(12(15)16)3-4-9(11(10)14)18-6-7-2-1-5-17-7/h3-4,7H,1-2,5-6H2,(H3,15,16). The first-order valence-electron chi connectivity index (χ1n) is 5.66. The fourth-order valence-corrected chi connectivity index (χ4v) is 3.52. The molecular weight excluding hydrogens is 319 g/mol. The zero-order valence-corrected chi connectivity index (χ0v) is 12.1. The minimum Gasteiger partial charge on any atom is -0.384 e. The highest BCUT2D eigenvalue weighted by molar-refractivity contribution is 9.10. The first kappa shape index (κ1) is 13.8. The van der Waals surface area contributed by atoms with Crippen molar-refractivity contribution in [3.63, 3.8) is 0 Å². The number of benzene rings is 1. The molecule has 0 bridgehead atoms. The molecule has 3 nitrogen and oxygen atoms in total.